The zero-order chi connectivity index (χ0) is 14.5. The molecule has 0 bridgehead atoms. The van der Waals surface area contributed by atoms with E-state index in [9.17, 15) is 14.4 Å². The number of nitrogens with zero attached hydrogens (tertiary/aromatic N) is 1. The normalized spacial score (nSPS) is 13.3. The van der Waals surface area contributed by atoms with Crippen LogP contribution in [0.3, 0.4) is 0 Å². The van der Waals surface area contributed by atoms with Crippen molar-refractivity contribution >= 4 is 17.8 Å². The van der Waals surface area contributed by atoms with Crippen molar-refractivity contribution in [3.63, 3.8) is 0 Å². The van der Waals surface area contributed by atoms with Crippen LogP contribution in [0.25, 0.3) is 0 Å². The maximum Gasteiger partial charge on any atom is 0.358 e. The summed E-state index contributed by atoms with van der Waals surface area (Å²) >= 11 is 0. The van der Waals surface area contributed by atoms with Gasteiger partial charge >= 0.3 is 5.97 Å². The molecule has 2 rings (SSSR count). The highest BCUT2D eigenvalue weighted by atomic mass is 16.7. The number of ether oxygens (including phenoxy) is 1. The van der Waals surface area contributed by atoms with Gasteiger partial charge in [-0.2, -0.15) is 0 Å². The smallest absolute Gasteiger partial charge is 0.358 e. The fourth-order valence-electron chi connectivity index (χ4n) is 1.70. The summed E-state index contributed by atoms with van der Waals surface area (Å²) in [5.74, 6) is -2.10. The van der Waals surface area contributed by atoms with Crippen LogP contribution in [0.1, 0.15) is 27.1 Å². The van der Waals surface area contributed by atoms with Crippen molar-refractivity contribution in [3.05, 3.63) is 48.0 Å². The summed E-state index contributed by atoms with van der Waals surface area (Å²) in [4.78, 5) is 40.0. The minimum Gasteiger partial charge on any atom is -0.369 e. The van der Waals surface area contributed by atoms with Crippen molar-refractivity contribution < 1.29 is 24.0 Å². The summed E-state index contributed by atoms with van der Waals surface area (Å²) in [6, 6.07) is 6.27. The van der Waals surface area contributed by atoms with Crippen molar-refractivity contribution in [3.8, 4) is 0 Å². The third-order valence-electron chi connectivity index (χ3n) is 2.64. The maximum absolute atomic E-state index is 11.9. The number of rotatable bonds is 6. The molecule has 0 spiro atoms. The minimum atomic E-state index is -0.802. The first-order chi connectivity index (χ1) is 9.65. The third kappa shape index (κ3) is 2.75. The van der Waals surface area contributed by atoms with Crippen molar-refractivity contribution in [2.45, 2.75) is 6.42 Å². The molecular weight excluding hydrogens is 262 g/mol. The number of hydroxylamine groups is 2. The van der Waals surface area contributed by atoms with Gasteiger partial charge in [-0.1, -0.05) is 23.3 Å². The molecule has 2 amide bonds. The molecule has 1 aromatic rings. The van der Waals surface area contributed by atoms with Crippen LogP contribution in [0.5, 0.6) is 0 Å². The molecule has 6 nitrogen and oxygen atoms in total. The molecule has 6 heteroatoms. The van der Waals surface area contributed by atoms with E-state index in [1.807, 2.05) is 0 Å². The SMILES string of the molecule is C=CCCOCC(=O)ON1C(=O)c2ccccc2C1=O. The molecule has 0 radical (unpaired) electrons. The topological polar surface area (TPSA) is 72.9 Å². The maximum atomic E-state index is 11.9. The Morgan fingerprint density at radius 1 is 1.20 bits per heavy atom. The third-order valence-corrected chi connectivity index (χ3v) is 2.64. The van der Waals surface area contributed by atoms with Crippen molar-refractivity contribution in [2.75, 3.05) is 13.2 Å². The quantitative estimate of drug-likeness (QED) is 0.445. The summed E-state index contributed by atoms with van der Waals surface area (Å²) in [5.41, 5.74) is 0.441. The van der Waals surface area contributed by atoms with Gasteiger partial charge in [0, 0.05) is 0 Å². The molecule has 104 valence electrons. The van der Waals surface area contributed by atoms with Crippen molar-refractivity contribution in [1.82, 2.24) is 5.06 Å². The van der Waals surface area contributed by atoms with E-state index in [1.54, 1.807) is 18.2 Å². The highest BCUT2D eigenvalue weighted by Gasteiger charge is 2.38. The van der Waals surface area contributed by atoms with Crippen LogP contribution in [0.4, 0.5) is 0 Å². The molecular formula is C14H13NO5. The minimum absolute atomic E-state index is 0.220. The van der Waals surface area contributed by atoms with E-state index in [-0.39, 0.29) is 17.7 Å². The summed E-state index contributed by atoms with van der Waals surface area (Å²) in [7, 11) is 0. The fraction of sp³-hybridized carbons (Fsp3) is 0.214. The van der Waals surface area contributed by atoms with Crippen LogP contribution < -0.4 is 0 Å². The molecule has 0 unspecified atom stereocenters. The predicted molar refractivity (Wildman–Crippen MR) is 68.7 cm³/mol. The molecule has 0 saturated heterocycles. The van der Waals surface area contributed by atoms with Gasteiger partial charge in [-0.05, 0) is 18.6 Å². The van der Waals surface area contributed by atoms with Crippen LogP contribution in [-0.2, 0) is 14.4 Å². The van der Waals surface area contributed by atoms with Gasteiger partial charge < -0.3 is 9.57 Å². The standard InChI is InChI=1S/C14H13NO5/c1-2-3-8-19-9-12(16)20-15-13(17)10-6-4-5-7-11(10)14(15)18/h2,4-7H,1,3,8-9H2. The van der Waals surface area contributed by atoms with Crippen LogP contribution >= 0.6 is 0 Å². The molecule has 1 aliphatic heterocycles. The van der Waals surface area contributed by atoms with Crippen molar-refractivity contribution in [1.29, 1.82) is 0 Å². The van der Waals surface area contributed by atoms with Crippen LogP contribution in [0.2, 0.25) is 0 Å². The lowest BCUT2D eigenvalue weighted by Gasteiger charge is -2.12. The Kier molecular flexibility index (Phi) is 4.27. The molecule has 0 fully saturated rings. The molecule has 1 aliphatic rings. The van der Waals surface area contributed by atoms with E-state index >= 15 is 0 Å². The number of hydrogen-bond acceptors (Lipinski definition) is 5. The van der Waals surface area contributed by atoms with Gasteiger partial charge in [0.15, 0.2) is 0 Å². The van der Waals surface area contributed by atoms with Crippen LogP contribution in [0, 0.1) is 0 Å². The number of benzene rings is 1. The highest BCUT2D eigenvalue weighted by Crippen LogP contribution is 2.22. The van der Waals surface area contributed by atoms with Gasteiger partial charge in [-0.25, -0.2) is 4.79 Å². The molecule has 0 saturated carbocycles. The highest BCUT2D eigenvalue weighted by molar-refractivity contribution is 6.20. The second-order valence-corrected chi connectivity index (χ2v) is 4.04. The lowest BCUT2D eigenvalue weighted by Crippen LogP contribution is -2.34. The monoisotopic (exact) mass is 275 g/mol. The molecule has 0 aliphatic carbocycles. The summed E-state index contributed by atoms with van der Waals surface area (Å²) in [5, 5.41) is 0.462. The van der Waals surface area contributed by atoms with Gasteiger partial charge in [-0.3, -0.25) is 9.59 Å². The first kappa shape index (κ1) is 14.0. The second-order valence-electron chi connectivity index (χ2n) is 4.04. The molecule has 1 heterocycles. The van der Waals surface area contributed by atoms with E-state index < -0.39 is 17.8 Å². The zero-order valence-electron chi connectivity index (χ0n) is 10.7. The number of hydrogen-bond donors (Lipinski definition) is 0. The van der Waals surface area contributed by atoms with Gasteiger partial charge in [0.25, 0.3) is 11.8 Å². The van der Waals surface area contributed by atoms with Crippen molar-refractivity contribution in [2.24, 2.45) is 0 Å². The van der Waals surface area contributed by atoms with Gasteiger partial charge in [0.1, 0.15) is 6.61 Å². The first-order valence-electron chi connectivity index (χ1n) is 6.02. The van der Waals surface area contributed by atoms with Crippen LogP contribution in [0.15, 0.2) is 36.9 Å². The molecule has 20 heavy (non-hydrogen) atoms. The summed E-state index contributed by atoms with van der Waals surface area (Å²) < 4.78 is 5.00. The number of carbonyl (C=O) groups is 3. The van der Waals surface area contributed by atoms with E-state index in [2.05, 4.69) is 6.58 Å². The average molecular weight is 275 g/mol. The first-order valence-corrected chi connectivity index (χ1v) is 6.02. The van der Waals surface area contributed by atoms with E-state index in [0.29, 0.717) is 18.1 Å². The summed E-state index contributed by atoms with van der Waals surface area (Å²) in [6.07, 6.45) is 2.25. The largest absolute Gasteiger partial charge is 0.369 e. The van der Waals surface area contributed by atoms with Gasteiger partial charge in [0.2, 0.25) is 0 Å². The predicted octanol–water partition coefficient (Wildman–Crippen LogP) is 1.33. The Hall–Kier alpha value is -2.47. The van der Waals surface area contributed by atoms with Crippen LogP contribution in [-0.4, -0.2) is 36.1 Å². The molecule has 0 aromatic heterocycles. The van der Waals surface area contributed by atoms with Gasteiger partial charge in [-0.15, -0.1) is 6.58 Å². The molecule has 1 aromatic carbocycles. The lowest BCUT2D eigenvalue weighted by atomic mass is 10.1. The Bertz CT molecular complexity index is 531. The van der Waals surface area contributed by atoms with E-state index in [4.69, 9.17) is 9.57 Å². The lowest BCUT2D eigenvalue weighted by molar-refractivity contribution is -0.173. The zero-order valence-corrected chi connectivity index (χ0v) is 10.7. The Labute approximate surface area is 115 Å². The Morgan fingerprint density at radius 2 is 1.80 bits per heavy atom. The Morgan fingerprint density at radius 3 is 2.35 bits per heavy atom. The second kappa shape index (κ2) is 6.12. The van der Waals surface area contributed by atoms with Gasteiger partial charge in [0.05, 0.1) is 17.7 Å². The average Bonchev–Trinajstić information content (AvgIpc) is 2.69. The van der Waals surface area contributed by atoms with E-state index in [0.717, 1.165) is 0 Å². The Balaban J connectivity index is 1.95. The fourth-order valence-corrected chi connectivity index (χ4v) is 1.70. The number of carbonyl (C=O) groups excluding carboxylic acids is 3. The number of fused-ring (bicyclic) bond motifs is 1. The molecule has 0 N–H and O–H groups in total. The number of amides is 2. The summed E-state index contributed by atoms with van der Waals surface area (Å²) in [6.45, 7) is 3.50. The number of imide groups is 1. The molecule has 0 atom stereocenters. The van der Waals surface area contributed by atoms with E-state index in [1.165, 1.54) is 12.1 Å².